The summed E-state index contributed by atoms with van der Waals surface area (Å²) in [6, 6.07) is 5.35. The number of nitrogens with zero attached hydrogens (tertiary/aromatic N) is 4. The van der Waals surface area contributed by atoms with Gasteiger partial charge in [0.2, 0.25) is 10.0 Å². The Kier molecular flexibility index (Phi) is 4.48. The first kappa shape index (κ1) is 17.5. The predicted octanol–water partition coefficient (Wildman–Crippen LogP) is 2.54. The minimum atomic E-state index is -3.52. The zero-order valence-corrected chi connectivity index (χ0v) is 15.9. The van der Waals surface area contributed by atoms with Gasteiger partial charge in [0.25, 0.3) is 0 Å². The molecule has 4 rings (SSSR count). The number of aromatic nitrogens is 3. The number of sulfonamides is 1. The summed E-state index contributed by atoms with van der Waals surface area (Å²) < 4.78 is 33.9. The van der Waals surface area contributed by atoms with E-state index in [-0.39, 0.29) is 18.1 Å². The summed E-state index contributed by atoms with van der Waals surface area (Å²) in [6.07, 6.45) is 6.68. The molecule has 7 nitrogen and oxygen atoms in total. The zero-order chi connectivity index (χ0) is 18.3. The second-order valence-corrected chi connectivity index (χ2v) is 8.90. The van der Waals surface area contributed by atoms with Gasteiger partial charge in [-0.15, -0.1) is 0 Å². The summed E-state index contributed by atoms with van der Waals surface area (Å²) in [6.45, 7) is 4.36. The highest BCUT2D eigenvalue weighted by Crippen LogP contribution is 2.43. The Morgan fingerprint density at radius 3 is 2.35 bits per heavy atom. The van der Waals surface area contributed by atoms with E-state index in [1.807, 2.05) is 13.8 Å². The van der Waals surface area contributed by atoms with Crippen molar-refractivity contribution in [2.45, 2.75) is 62.6 Å². The van der Waals surface area contributed by atoms with E-state index in [4.69, 9.17) is 4.74 Å². The smallest absolute Gasteiger partial charge is 0.243 e. The Hall–Kier alpha value is -1.93. The average molecular weight is 376 g/mol. The Labute approximate surface area is 154 Å². The lowest BCUT2D eigenvalue weighted by molar-refractivity contribution is 0.174. The minimum Gasteiger partial charge on any atom is -0.494 e. The van der Waals surface area contributed by atoms with Crippen LogP contribution in [0.1, 0.15) is 44.2 Å². The molecule has 2 unspecified atom stereocenters. The predicted molar refractivity (Wildman–Crippen MR) is 96.5 cm³/mol. The van der Waals surface area contributed by atoms with Crippen LogP contribution in [0.2, 0.25) is 0 Å². The monoisotopic (exact) mass is 376 g/mol. The number of ether oxygens (including phenoxy) is 1. The summed E-state index contributed by atoms with van der Waals surface area (Å²) in [4.78, 5) is 2.09. The van der Waals surface area contributed by atoms with E-state index >= 15 is 0 Å². The second-order valence-electron chi connectivity index (χ2n) is 7.05. The summed E-state index contributed by atoms with van der Waals surface area (Å²) in [5, 5.41) is 8.49. The second kappa shape index (κ2) is 6.66. The van der Waals surface area contributed by atoms with E-state index in [0.717, 1.165) is 37.0 Å². The van der Waals surface area contributed by atoms with E-state index in [0.29, 0.717) is 11.5 Å². The molecule has 2 bridgehead atoms. The molecule has 2 aliphatic rings. The quantitative estimate of drug-likeness (QED) is 0.801. The number of piperidine rings is 1. The number of hydrogen-bond acceptors (Lipinski definition) is 5. The number of aryl methyl sites for hydroxylation is 1. The lowest BCUT2D eigenvalue weighted by Gasteiger charge is -2.37. The van der Waals surface area contributed by atoms with Crippen LogP contribution < -0.4 is 4.74 Å². The van der Waals surface area contributed by atoms with Gasteiger partial charge in [0.05, 0.1) is 29.9 Å². The maximum Gasteiger partial charge on any atom is 0.243 e. The van der Waals surface area contributed by atoms with Gasteiger partial charge in [-0.05, 0) is 63.3 Å². The van der Waals surface area contributed by atoms with Crippen molar-refractivity contribution in [3.8, 4) is 5.75 Å². The molecule has 0 saturated carbocycles. The lowest BCUT2D eigenvalue weighted by Crippen LogP contribution is -2.47. The molecule has 0 radical (unpaired) electrons. The molecule has 2 aromatic rings. The number of hydrogen-bond donors (Lipinski definition) is 0. The number of fused-ring (bicyclic) bond motifs is 2. The molecular formula is C18H24N4O3S. The van der Waals surface area contributed by atoms with Crippen molar-refractivity contribution in [1.29, 1.82) is 0 Å². The standard InChI is InChI=1S/C18H24N4O3S/c1-3-25-18-7-6-17(10-13(18)2)26(23,24)21-14-4-5-15(21)12-16(11-14)22-19-8-9-20-22/h6-10,14-16H,3-5,11-12H2,1-2H3. The Bertz CT molecular complexity index is 868. The first-order chi connectivity index (χ1) is 12.5. The molecular weight excluding hydrogens is 352 g/mol. The van der Waals surface area contributed by atoms with Crippen LogP contribution in [-0.4, -0.2) is 46.4 Å². The van der Waals surface area contributed by atoms with Crippen LogP contribution in [0.3, 0.4) is 0 Å². The van der Waals surface area contributed by atoms with Gasteiger partial charge in [0, 0.05) is 12.1 Å². The van der Waals surface area contributed by atoms with Gasteiger partial charge in [0.1, 0.15) is 5.75 Å². The molecule has 0 spiro atoms. The molecule has 140 valence electrons. The molecule has 0 aliphatic carbocycles. The van der Waals surface area contributed by atoms with Crippen molar-refractivity contribution in [3.63, 3.8) is 0 Å². The van der Waals surface area contributed by atoms with Crippen molar-refractivity contribution < 1.29 is 13.2 Å². The van der Waals surface area contributed by atoms with Crippen molar-refractivity contribution in [2.24, 2.45) is 0 Å². The zero-order valence-electron chi connectivity index (χ0n) is 15.1. The third-order valence-electron chi connectivity index (χ3n) is 5.43. The third-order valence-corrected chi connectivity index (χ3v) is 7.43. The highest BCUT2D eigenvalue weighted by atomic mass is 32.2. The van der Waals surface area contributed by atoms with Crippen LogP contribution in [0.15, 0.2) is 35.5 Å². The van der Waals surface area contributed by atoms with Crippen molar-refractivity contribution in [3.05, 3.63) is 36.2 Å². The van der Waals surface area contributed by atoms with Gasteiger partial charge in [-0.2, -0.15) is 19.3 Å². The number of benzene rings is 1. The maximum atomic E-state index is 13.3. The van der Waals surface area contributed by atoms with E-state index in [1.165, 1.54) is 0 Å². The van der Waals surface area contributed by atoms with Gasteiger partial charge in [-0.3, -0.25) is 0 Å². The van der Waals surface area contributed by atoms with Gasteiger partial charge in [-0.1, -0.05) is 0 Å². The summed E-state index contributed by atoms with van der Waals surface area (Å²) in [5.41, 5.74) is 0.843. The fourth-order valence-corrected chi connectivity index (χ4v) is 6.30. The molecule has 8 heteroatoms. The SMILES string of the molecule is CCOc1ccc(S(=O)(=O)N2C3CCC2CC(n2nccn2)C3)cc1C. The summed E-state index contributed by atoms with van der Waals surface area (Å²) in [5.74, 6) is 0.734. The largest absolute Gasteiger partial charge is 0.494 e. The average Bonchev–Trinajstić information content (AvgIpc) is 3.24. The van der Waals surface area contributed by atoms with Crippen LogP contribution in [0.25, 0.3) is 0 Å². The van der Waals surface area contributed by atoms with E-state index in [1.54, 1.807) is 39.7 Å². The van der Waals surface area contributed by atoms with Crippen LogP contribution in [0.5, 0.6) is 5.75 Å². The molecule has 2 fully saturated rings. The van der Waals surface area contributed by atoms with Crippen molar-refractivity contribution >= 4 is 10.0 Å². The fourth-order valence-electron chi connectivity index (χ4n) is 4.32. The molecule has 0 amide bonds. The minimum absolute atomic E-state index is 0.0154. The van der Waals surface area contributed by atoms with Crippen LogP contribution in [0.4, 0.5) is 0 Å². The van der Waals surface area contributed by atoms with Crippen LogP contribution in [-0.2, 0) is 10.0 Å². The Balaban J connectivity index is 1.60. The molecule has 2 aliphatic heterocycles. The third kappa shape index (κ3) is 2.91. The van der Waals surface area contributed by atoms with E-state index in [2.05, 4.69) is 10.2 Å². The van der Waals surface area contributed by atoms with Gasteiger partial charge >= 0.3 is 0 Å². The number of rotatable bonds is 5. The van der Waals surface area contributed by atoms with Crippen LogP contribution in [0, 0.1) is 6.92 Å². The maximum absolute atomic E-state index is 13.3. The normalized spacial score (nSPS) is 26.2. The molecule has 3 heterocycles. The molecule has 1 aromatic heterocycles. The highest BCUT2D eigenvalue weighted by molar-refractivity contribution is 7.89. The van der Waals surface area contributed by atoms with E-state index in [9.17, 15) is 8.42 Å². The first-order valence-corrected chi connectivity index (χ1v) is 10.6. The topological polar surface area (TPSA) is 77.3 Å². The van der Waals surface area contributed by atoms with Crippen LogP contribution >= 0.6 is 0 Å². The highest BCUT2D eigenvalue weighted by Gasteiger charge is 2.48. The fraction of sp³-hybridized carbons (Fsp3) is 0.556. The molecule has 1 aromatic carbocycles. The molecule has 26 heavy (non-hydrogen) atoms. The van der Waals surface area contributed by atoms with Crippen molar-refractivity contribution in [1.82, 2.24) is 19.3 Å². The van der Waals surface area contributed by atoms with Gasteiger partial charge in [0.15, 0.2) is 0 Å². The Morgan fingerprint density at radius 2 is 1.77 bits per heavy atom. The molecule has 2 atom stereocenters. The molecule has 2 saturated heterocycles. The Morgan fingerprint density at radius 1 is 1.12 bits per heavy atom. The van der Waals surface area contributed by atoms with E-state index < -0.39 is 10.0 Å². The van der Waals surface area contributed by atoms with Crippen molar-refractivity contribution in [2.75, 3.05) is 6.61 Å². The van der Waals surface area contributed by atoms with Gasteiger partial charge in [-0.25, -0.2) is 8.42 Å². The molecule has 0 N–H and O–H groups in total. The summed E-state index contributed by atoms with van der Waals surface area (Å²) >= 11 is 0. The summed E-state index contributed by atoms with van der Waals surface area (Å²) in [7, 11) is -3.52. The first-order valence-electron chi connectivity index (χ1n) is 9.13. The lowest BCUT2D eigenvalue weighted by atomic mass is 10.0. The van der Waals surface area contributed by atoms with Gasteiger partial charge < -0.3 is 4.74 Å².